The molecular formula is C21H27N3O3. The number of hydrogen-bond donors (Lipinski definition) is 0. The fraction of sp³-hybridized carbons (Fsp3) is 0.429. The Morgan fingerprint density at radius 2 is 1.93 bits per heavy atom. The highest BCUT2D eigenvalue weighted by Gasteiger charge is 2.21. The van der Waals surface area contributed by atoms with E-state index in [1.165, 1.54) is 5.69 Å². The second-order valence-electron chi connectivity index (χ2n) is 6.73. The predicted octanol–water partition coefficient (Wildman–Crippen LogP) is 2.69. The lowest BCUT2D eigenvalue weighted by Crippen LogP contribution is -2.36. The van der Waals surface area contributed by atoms with Gasteiger partial charge in [-0.1, -0.05) is 6.07 Å². The number of aromatic nitrogens is 1. The summed E-state index contributed by atoms with van der Waals surface area (Å²) in [5.74, 6) is 1.54. The second kappa shape index (κ2) is 8.75. The first kappa shape index (κ1) is 19.0. The molecule has 1 aliphatic rings. The monoisotopic (exact) mass is 369 g/mol. The smallest absolute Gasteiger partial charge is 0.227 e. The molecule has 2 aromatic rings. The first-order chi connectivity index (χ1) is 13.1. The van der Waals surface area contributed by atoms with E-state index in [0.717, 1.165) is 49.6 Å². The summed E-state index contributed by atoms with van der Waals surface area (Å²) >= 11 is 0. The summed E-state index contributed by atoms with van der Waals surface area (Å²) in [6.07, 6.45) is 3.13. The summed E-state index contributed by atoms with van der Waals surface area (Å²) in [4.78, 5) is 21.4. The molecule has 2 heterocycles. The summed E-state index contributed by atoms with van der Waals surface area (Å²) in [6, 6.07) is 9.71. The maximum Gasteiger partial charge on any atom is 0.227 e. The van der Waals surface area contributed by atoms with Gasteiger partial charge in [0.15, 0.2) is 0 Å². The maximum atomic E-state index is 12.9. The van der Waals surface area contributed by atoms with Crippen molar-refractivity contribution in [3.8, 4) is 11.5 Å². The minimum absolute atomic E-state index is 0.131. The lowest BCUT2D eigenvalue weighted by atomic mass is 10.1. The Morgan fingerprint density at radius 3 is 2.67 bits per heavy atom. The quantitative estimate of drug-likeness (QED) is 0.811. The molecule has 27 heavy (non-hydrogen) atoms. The zero-order valence-corrected chi connectivity index (χ0v) is 16.3. The fourth-order valence-corrected chi connectivity index (χ4v) is 3.42. The molecule has 6 heteroatoms. The van der Waals surface area contributed by atoms with E-state index in [2.05, 4.69) is 16.0 Å². The van der Waals surface area contributed by atoms with E-state index in [0.29, 0.717) is 12.2 Å². The number of amides is 1. The van der Waals surface area contributed by atoms with E-state index >= 15 is 0 Å². The molecule has 1 aliphatic heterocycles. The Balaban J connectivity index is 1.64. The van der Waals surface area contributed by atoms with Crippen LogP contribution in [0, 0.1) is 6.92 Å². The molecule has 3 rings (SSSR count). The molecule has 0 N–H and O–H groups in total. The summed E-state index contributed by atoms with van der Waals surface area (Å²) in [5.41, 5.74) is 3.07. The summed E-state index contributed by atoms with van der Waals surface area (Å²) in [5, 5.41) is 0. The Morgan fingerprint density at radius 1 is 1.07 bits per heavy atom. The SMILES string of the molecule is COc1ccc(CC(=O)N2CCCN(c3ccnc(C)c3)CC2)c(OC)c1. The summed E-state index contributed by atoms with van der Waals surface area (Å²) in [6.45, 7) is 5.27. The third kappa shape index (κ3) is 4.70. The number of rotatable bonds is 5. The van der Waals surface area contributed by atoms with Crippen molar-refractivity contribution >= 4 is 11.6 Å². The molecule has 0 radical (unpaired) electrons. The number of benzene rings is 1. The van der Waals surface area contributed by atoms with Crippen LogP contribution in [-0.2, 0) is 11.2 Å². The van der Waals surface area contributed by atoms with Crippen LogP contribution in [0.3, 0.4) is 0 Å². The predicted molar refractivity (Wildman–Crippen MR) is 106 cm³/mol. The third-order valence-electron chi connectivity index (χ3n) is 4.93. The first-order valence-corrected chi connectivity index (χ1v) is 9.27. The van der Waals surface area contributed by atoms with Crippen molar-refractivity contribution in [3.63, 3.8) is 0 Å². The van der Waals surface area contributed by atoms with Crippen LogP contribution in [0.5, 0.6) is 11.5 Å². The van der Waals surface area contributed by atoms with E-state index in [1.807, 2.05) is 42.3 Å². The Hall–Kier alpha value is -2.76. The number of hydrogen-bond acceptors (Lipinski definition) is 5. The highest BCUT2D eigenvalue weighted by molar-refractivity contribution is 5.79. The van der Waals surface area contributed by atoms with Gasteiger partial charge in [-0.15, -0.1) is 0 Å². The molecular weight excluding hydrogens is 342 g/mol. The molecule has 1 aromatic heterocycles. The van der Waals surface area contributed by atoms with Crippen molar-refractivity contribution in [2.24, 2.45) is 0 Å². The van der Waals surface area contributed by atoms with Crippen LogP contribution in [0.2, 0.25) is 0 Å². The third-order valence-corrected chi connectivity index (χ3v) is 4.93. The van der Waals surface area contributed by atoms with Gasteiger partial charge < -0.3 is 19.3 Å². The summed E-state index contributed by atoms with van der Waals surface area (Å²) in [7, 11) is 3.23. The molecule has 0 aliphatic carbocycles. The lowest BCUT2D eigenvalue weighted by Gasteiger charge is -2.24. The van der Waals surface area contributed by atoms with Crippen LogP contribution < -0.4 is 14.4 Å². The highest BCUT2D eigenvalue weighted by atomic mass is 16.5. The minimum Gasteiger partial charge on any atom is -0.497 e. The van der Waals surface area contributed by atoms with Crippen LogP contribution in [0.4, 0.5) is 5.69 Å². The van der Waals surface area contributed by atoms with E-state index in [4.69, 9.17) is 9.47 Å². The Kier molecular flexibility index (Phi) is 6.16. The van der Waals surface area contributed by atoms with Crippen LogP contribution in [0.25, 0.3) is 0 Å². The van der Waals surface area contributed by atoms with Crippen LogP contribution >= 0.6 is 0 Å². The molecule has 0 saturated carbocycles. The van der Waals surface area contributed by atoms with Crippen molar-refractivity contribution in [2.75, 3.05) is 45.3 Å². The van der Waals surface area contributed by atoms with Crippen molar-refractivity contribution in [3.05, 3.63) is 47.8 Å². The zero-order chi connectivity index (χ0) is 19.2. The molecule has 144 valence electrons. The van der Waals surface area contributed by atoms with E-state index < -0.39 is 0 Å². The molecule has 1 fully saturated rings. The van der Waals surface area contributed by atoms with Gasteiger partial charge in [0.05, 0.1) is 20.6 Å². The molecule has 0 atom stereocenters. The van der Waals surface area contributed by atoms with Gasteiger partial charge in [-0.2, -0.15) is 0 Å². The van der Waals surface area contributed by atoms with Crippen LogP contribution in [-0.4, -0.2) is 56.2 Å². The van der Waals surface area contributed by atoms with E-state index in [9.17, 15) is 4.79 Å². The lowest BCUT2D eigenvalue weighted by molar-refractivity contribution is -0.130. The Labute approximate surface area is 160 Å². The van der Waals surface area contributed by atoms with Gasteiger partial charge in [0, 0.05) is 55.4 Å². The first-order valence-electron chi connectivity index (χ1n) is 9.27. The molecule has 1 amide bonds. The number of aryl methyl sites for hydroxylation is 1. The topological polar surface area (TPSA) is 54.9 Å². The average Bonchev–Trinajstić information content (AvgIpc) is 2.94. The maximum absolute atomic E-state index is 12.9. The fourth-order valence-electron chi connectivity index (χ4n) is 3.42. The van der Waals surface area contributed by atoms with Crippen LogP contribution in [0.1, 0.15) is 17.7 Å². The van der Waals surface area contributed by atoms with Gasteiger partial charge in [-0.05, 0) is 31.5 Å². The van der Waals surface area contributed by atoms with Gasteiger partial charge in [0.1, 0.15) is 11.5 Å². The second-order valence-corrected chi connectivity index (χ2v) is 6.73. The molecule has 0 spiro atoms. The minimum atomic E-state index is 0.131. The van der Waals surface area contributed by atoms with Gasteiger partial charge >= 0.3 is 0 Å². The number of carbonyl (C=O) groups excluding carboxylic acids is 1. The van der Waals surface area contributed by atoms with Crippen molar-refractivity contribution in [2.45, 2.75) is 19.8 Å². The van der Waals surface area contributed by atoms with E-state index in [1.54, 1.807) is 14.2 Å². The molecule has 1 saturated heterocycles. The van der Waals surface area contributed by atoms with Crippen molar-refractivity contribution in [1.29, 1.82) is 0 Å². The number of pyridine rings is 1. The molecule has 0 bridgehead atoms. The van der Waals surface area contributed by atoms with Crippen molar-refractivity contribution in [1.82, 2.24) is 9.88 Å². The Bertz CT molecular complexity index is 794. The standard InChI is InChI=1S/C21H27N3O3/c1-16-13-18(7-8-22-16)23-9-4-10-24(12-11-23)21(25)14-17-5-6-19(26-2)15-20(17)27-3/h5-8,13,15H,4,9-12,14H2,1-3H3. The number of methoxy groups -OCH3 is 2. The largest absolute Gasteiger partial charge is 0.497 e. The average molecular weight is 369 g/mol. The molecule has 6 nitrogen and oxygen atoms in total. The van der Waals surface area contributed by atoms with Gasteiger partial charge in [-0.3, -0.25) is 9.78 Å². The number of nitrogens with zero attached hydrogens (tertiary/aromatic N) is 3. The number of anilines is 1. The van der Waals surface area contributed by atoms with E-state index in [-0.39, 0.29) is 5.91 Å². The number of ether oxygens (including phenoxy) is 2. The van der Waals surface area contributed by atoms with Gasteiger partial charge in [0.25, 0.3) is 0 Å². The molecule has 1 aromatic carbocycles. The van der Waals surface area contributed by atoms with Gasteiger partial charge in [-0.25, -0.2) is 0 Å². The molecule has 0 unspecified atom stereocenters. The van der Waals surface area contributed by atoms with Crippen molar-refractivity contribution < 1.29 is 14.3 Å². The normalized spacial score (nSPS) is 14.6. The number of carbonyl (C=O) groups is 1. The highest BCUT2D eigenvalue weighted by Crippen LogP contribution is 2.25. The summed E-state index contributed by atoms with van der Waals surface area (Å²) < 4.78 is 10.6. The van der Waals surface area contributed by atoms with Crippen LogP contribution in [0.15, 0.2) is 36.5 Å². The zero-order valence-electron chi connectivity index (χ0n) is 16.3. The van der Waals surface area contributed by atoms with Gasteiger partial charge in [0.2, 0.25) is 5.91 Å².